The summed E-state index contributed by atoms with van der Waals surface area (Å²) in [5.41, 5.74) is -8.87. The first-order valence-electron chi connectivity index (χ1n) is 24.4. The molecule has 4 aliphatic rings. The average Bonchev–Trinajstić information content (AvgIpc) is 3.08. The van der Waals surface area contributed by atoms with Gasteiger partial charge in [-0.1, -0.05) is 239 Å². The summed E-state index contributed by atoms with van der Waals surface area (Å²) >= 11 is 0. The lowest BCUT2D eigenvalue weighted by Gasteiger charge is -2.55. The zero-order chi connectivity index (χ0) is 50.8. The molecule has 6 nitrogen and oxygen atoms in total. The number of carboxylic acid groups (broad SMARTS) is 1. The summed E-state index contributed by atoms with van der Waals surface area (Å²) in [7, 11) is 0. The summed E-state index contributed by atoms with van der Waals surface area (Å²) in [6, 6.07) is 0. The maximum Gasteiger partial charge on any atom is 0.319 e. The molecule has 8 atom stereocenters. The van der Waals surface area contributed by atoms with Crippen LogP contribution in [0.25, 0.3) is 0 Å². The lowest BCUT2D eigenvalue weighted by molar-refractivity contribution is -0.146. The van der Waals surface area contributed by atoms with Gasteiger partial charge in [0, 0.05) is 29.6 Å². The number of aliphatic hydroxyl groups is 4. The molecule has 0 aromatic rings. The minimum Gasteiger partial charge on any atom is -0.480 e. The zero-order valence-electron chi connectivity index (χ0n) is 45.5. The van der Waals surface area contributed by atoms with Gasteiger partial charge >= 0.3 is 5.97 Å². The van der Waals surface area contributed by atoms with Crippen LogP contribution in [0.2, 0.25) is 0 Å². The Kier molecular flexibility index (Phi) is 13.6. The Morgan fingerprint density at radius 3 is 0.815 bits per heavy atom. The molecule has 0 spiro atoms. The van der Waals surface area contributed by atoms with Crippen molar-refractivity contribution < 1.29 is 30.3 Å². The Hall–Kier alpha value is -2.77. The molecule has 0 fully saturated rings. The van der Waals surface area contributed by atoms with E-state index in [1.165, 1.54) is 0 Å². The topological polar surface area (TPSA) is 118 Å². The van der Waals surface area contributed by atoms with Crippen LogP contribution in [-0.4, -0.2) is 53.9 Å². The number of carbonyl (C=O) groups is 1. The van der Waals surface area contributed by atoms with Crippen LogP contribution in [0.4, 0.5) is 0 Å². The lowest BCUT2D eigenvalue weighted by Crippen LogP contribution is -2.56. The molecule has 65 heavy (non-hydrogen) atoms. The monoisotopic (exact) mass is 899 g/mol. The Bertz CT molecular complexity index is 1950. The number of carboxylic acids is 1. The quantitative estimate of drug-likeness (QED) is 0.181. The minimum atomic E-state index is -1.87. The van der Waals surface area contributed by atoms with Crippen molar-refractivity contribution in [2.24, 2.45) is 78.3 Å². The first-order valence-corrected chi connectivity index (χ1v) is 24.4. The second-order valence-corrected chi connectivity index (χ2v) is 29.1. The molecule has 0 heterocycles. The van der Waals surface area contributed by atoms with Crippen molar-refractivity contribution in [3.63, 3.8) is 0 Å². The van der Waals surface area contributed by atoms with E-state index in [9.17, 15) is 25.5 Å². The van der Waals surface area contributed by atoms with Crippen LogP contribution in [0.1, 0.15) is 166 Å². The van der Waals surface area contributed by atoms with Gasteiger partial charge in [0.25, 0.3) is 0 Å². The van der Waals surface area contributed by atoms with Crippen molar-refractivity contribution in [1.82, 2.24) is 0 Å². The predicted octanol–water partition coefficient (Wildman–Crippen LogP) is 13.4. The van der Waals surface area contributed by atoms with Gasteiger partial charge in [0.15, 0.2) is 0 Å². The largest absolute Gasteiger partial charge is 0.480 e. The fourth-order valence-electron chi connectivity index (χ4n) is 11.7. The molecular weight excluding hydrogens is 805 g/mol. The fourth-order valence-corrected chi connectivity index (χ4v) is 11.7. The van der Waals surface area contributed by atoms with E-state index < -0.39 is 107 Å². The number of hydrogen-bond donors (Lipinski definition) is 5. The van der Waals surface area contributed by atoms with Gasteiger partial charge in [-0.15, -0.1) is 0 Å². The average molecular weight is 899 g/mol. The molecule has 8 unspecified atom stereocenters. The van der Waals surface area contributed by atoms with Crippen LogP contribution < -0.4 is 0 Å². The van der Waals surface area contributed by atoms with Gasteiger partial charge in [-0.3, -0.25) is 4.79 Å². The third kappa shape index (κ3) is 9.15. The van der Waals surface area contributed by atoms with Gasteiger partial charge in [-0.2, -0.15) is 0 Å². The van der Waals surface area contributed by atoms with E-state index in [1.807, 2.05) is 144 Å². The zero-order valence-corrected chi connectivity index (χ0v) is 45.5. The Morgan fingerprint density at radius 1 is 0.400 bits per heavy atom. The first kappa shape index (κ1) is 54.8. The molecule has 4 aliphatic carbocycles. The smallest absolute Gasteiger partial charge is 0.319 e. The van der Waals surface area contributed by atoms with Crippen molar-refractivity contribution in [2.75, 3.05) is 0 Å². The molecule has 0 bridgehead atoms. The second-order valence-electron chi connectivity index (χ2n) is 29.1. The van der Waals surface area contributed by atoms with Gasteiger partial charge in [-0.25, -0.2) is 0 Å². The summed E-state index contributed by atoms with van der Waals surface area (Å²) in [5, 5.41) is 64.1. The number of aliphatic carboxylic acids is 1. The molecule has 366 valence electrons. The molecule has 0 saturated carbocycles. The van der Waals surface area contributed by atoms with E-state index >= 15 is 4.79 Å². The standard InChI is InChI=1S/C59H94O6/c1-47(2,3)41-33-37(25-29-55(41,62)51(13,14)15)45(38-26-30-56(63,52(16,17)18)42(34-38)48(4,5)6)59(46(60)61,39-27-31-57(64,53(19,20)21)43(35-39)49(7,8)9)40-28-32-58(65,54(22,23)24)44(36-40)50(10,11)12/h25-36,41-45,62-65H,1-24H3,(H,60,61). The summed E-state index contributed by atoms with van der Waals surface area (Å²) in [5.74, 6) is -3.90. The highest BCUT2D eigenvalue weighted by Crippen LogP contribution is 2.62. The molecule has 0 aromatic heterocycles. The van der Waals surface area contributed by atoms with Crippen molar-refractivity contribution in [3.8, 4) is 0 Å². The van der Waals surface area contributed by atoms with E-state index in [2.05, 4.69) is 95.2 Å². The number of rotatable bonds is 6. The number of allylic oxidation sites excluding steroid dienone is 6. The molecule has 0 radical (unpaired) electrons. The van der Waals surface area contributed by atoms with Crippen LogP contribution in [0, 0.1) is 78.3 Å². The van der Waals surface area contributed by atoms with Crippen LogP contribution >= 0.6 is 0 Å². The second kappa shape index (κ2) is 16.2. The van der Waals surface area contributed by atoms with Crippen LogP contribution in [0.5, 0.6) is 0 Å². The summed E-state index contributed by atoms with van der Waals surface area (Å²) in [6.07, 6.45) is 23.5. The maximum absolute atomic E-state index is 15.6. The molecule has 0 aromatic carbocycles. The Labute approximate surface area is 396 Å². The summed E-state index contributed by atoms with van der Waals surface area (Å²) in [4.78, 5) is 15.6. The molecular formula is C59H94O6. The van der Waals surface area contributed by atoms with Gasteiger partial charge in [-0.05, 0) is 65.6 Å². The fraction of sp³-hybridized carbons (Fsp3) is 0.712. The highest BCUT2D eigenvalue weighted by molar-refractivity contribution is 5.88. The molecule has 5 N–H and O–H groups in total. The SMILES string of the molecule is CC(C)(C)C1C=C(C(C2=CC(C(C)(C)C)C(O)(C(C)(C)C)C=C2)C(C(=O)O)(C2=CC(C(C)(C)C)C(O)(C(C)(C)C)C=C2)C2=CC(C(C)(C)C)C(O)(C(C)(C)C)C=C2)C=CC1(O)C(C)(C)C. The molecule has 0 aliphatic heterocycles. The molecule has 0 amide bonds. The van der Waals surface area contributed by atoms with Gasteiger partial charge in [0.2, 0.25) is 0 Å². The van der Waals surface area contributed by atoms with Gasteiger partial charge in [0.1, 0.15) is 5.41 Å². The van der Waals surface area contributed by atoms with Crippen molar-refractivity contribution in [2.45, 2.75) is 189 Å². The van der Waals surface area contributed by atoms with E-state index in [0.29, 0.717) is 11.1 Å². The third-order valence-corrected chi connectivity index (χ3v) is 16.3. The number of hydrogen-bond acceptors (Lipinski definition) is 5. The van der Waals surface area contributed by atoms with Crippen LogP contribution in [0.15, 0.2) is 95.2 Å². The van der Waals surface area contributed by atoms with Gasteiger partial charge < -0.3 is 25.5 Å². The molecule has 4 rings (SSSR count). The van der Waals surface area contributed by atoms with E-state index in [4.69, 9.17) is 0 Å². The molecule has 6 heteroatoms. The highest BCUT2D eigenvalue weighted by Gasteiger charge is 2.61. The van der Waals surface area contributed by atoms with E-state index in [0.717, 1.165) is 11.1 Å². The predicted molar refractivity (Wildman–Crippen MR) is 272 cm³/mol. The Morgan fingerprint density at radius 2 is 0.615 bits per heavy atom. The minimum absolute atomic E-state index is 0.435. The highest BCUT2D eigenvalue weighted by atomic mass is 16.4. The van der Waals surface area contributed by atoms with Crippen molar-refractivity contribution in [3.05, 3.63) is 95.2 Å². The maximum atomic E-state index is 15.6. The first-order chi connectivity index (χ1) is 28.6. The lowest BCUT2D eigenvalue weighted by atomic mass is 9.50. The van der Waals surface area contributed by atoms with Crippen LogP contribution in [0.3, 0.4) is 0 Å². The van der Waals surface area contributed by atoms with Crippen LogP contribution in [-0.2, 0) is 4.79 Å². The van der Waals surface area contributed by atoms with E-state index in [-0.39, 0.29) is 0 Å². The van der Waals surface area contributed by atoms with Gasteiger partial charge in [0.05, 0.1) is 22.4 Å². The summed E-state index contributed by atoms with van der Waals surface area (Å²) in [6.45, 7) is 49.8. The molecule has 0 saturated heterocycles. The van der Waals surface area contributed by atoms with Crippen molar-refractivity contribution in [1.29, 1.82) is 0 Å². The van der Waals surface area contributed by atoms with E-state index in [1.54, 1.807) is 0 Å². The van der Waals surface area contributed by atoms with Crippen molar-refractivity contribution >= 4 is 5.97 Å². The Balaban J connectivity index is 2.42. The third-order valence-electron chi connectivity index (χ3n) is 16.3. The summed E-state index contributed by atoms with van der Waals surface area (Å²) < 4.78 is 0. The normalized spacial score (nSPS) is 33.5.